The molecule has 0 saturated heterocycles. The van der Waals surface area contributed by atoms with Gasteiger partial charge < -0.3 is 20.5 Å². The summed E-state index contributed by atoms with van der Waals surface area (Å²) in [6.07, 6.45) is 0.573. The Hall–Kier alpha value is -3.00. The van der Waals surface area contributed by atoms with Gasteiger partial charge >= 0.3 is 12.1 Å². The van der Waals surface area contributed by atoms with Crippen molar-refractivity contribution < 1.29 is 24.2 Å². The van der Waals surface area contributed by atoms with E-state index >= 15 is 0 Å². The minimum absolute atomic E-state index is 0.0841. The number of hydrogen-bond donors (Lipinski definition) is 3. The average molecular weight is 457 g/mol. The highest BCUT2D eigenvalue weighted by atomic mass is 32.2. The maximum atomic E-state index is 12.5. The fourth-order valence-electron chi connectivity index (χ4n) is 3.66. The molecule has 2 aromatic rings. The summed E-state index contributed by atoms with van der Waals surface area (Å²) in [5.41, 5.74) is 4.36. The van der Waals surface area contributed by atoms with Gasteiger partial charge in [0, 0.05) is 17.2 Å². The van der Waals surface area contributed by atoms with Gasteiger partial charge in [-0.2, -0.15) is 11.8 Å². The largest absolute Gasteiger partial charge is 0.481 e. The van der Waals surface area contributed by atoms with E-state index in [1.807, 2.05) is 68.6 Å². The number of carboxylic acids is 1. The zero-order valence-electron chi connectivity index (χ0n) is 18.4. The van der Waals surface area contributed by atoms with Crippen molar-refractivity contribution in [1.29, 1.82) is 0 Å². The molecule has 0 aromatic heterocycles. The maximum absolute atomic E-state index is 12.5. The Balaban J connectivity index is 1.64. The van der Waals surface area contributed by atoms with Crippen molar-refractivity contribution in [3.63, 3.8) is 0 Å². The van der Waals surface area contributed by atoms with Crippen LogP contribution in [0.1, 0.15) is 37.3 Å². The molecule has 32 heavy (non-hydrogen) atoms. The van der Waals surface area contributed by atoms with Crippen molar-refractivity contribution in [2.45, 2.75) is 37.0 Å². The summed E-state index contributed by atoms with van der Waals surface area (Å²) in [7, 11) is 0. The van der Waals surface area contributed by atoms with E-state index < -0.39 is 30.4 Å². The van der Waals surface area contributed by atoms with Crippen molar-refractivity contribution in [2.75, 3.05) is 19.4 Å². The molecular weight excluding hydrogens is 428 g/mol. The van der Waals surface area contributed by atoms with Crippen LogP contribution in [0.15, 0.2) is 48.5 Å². The minimum atomic E-state index is -1.22. The molecule has 1 aliphatic rings. The topological polar surface area (TPSA) is 105 Å². The number of rotatable bonds is 9. The van der Waals surface area contributed by atoms with E-state index in [-0.39, 0.29) is 17.3 Å². The third-order valence-corrected chi connectivity index (χ3v) is 6.82. The molecule has 3 rings (SSSR count). The Bertz CT molecular complexity index is 962. The van der Waals surface area contributed by atoms with Gasteiger partial charge in [0.05, 0.1) is 6.42 Å². The fourth-order valence-corrected chi connectivity index (χ4v) is 3.88. The first-order valence-corrected chi connectivity index (χ1v) is 11.6. The van der Waals surface area contributed by atoms with Crippen LogP contribution in [0.4, 0.5) is 4.79 Å². The minimum Gasteiger partial charge on any atom is -0.481 e. The van der Waals surface area contributed by atoms with Crippen molar-refractivity contribution in [3.05, 3.63) is 59.7 Å². The summed E-state index contributed by atoms with van der Waals surface area (Å²) in [6.45, 7) is 4.35. The van der Waals surface area contributed by atoms with E-state index in [1.165, 1.54) is 0 Å². The van der Waals surface area contributed by atoms with Gasteiger partial charge in [0.2, 0.25) is 5.91 Å². The van der Waals surface area contributed by atoms with E-state index in [9.17, 15) is 14.4 Å². The molecule has 0 bridgehead atoms. The van der Waals surface area contributed by atoms with Crippen LogP contribution < -0.4 is 10.6 Å². The fraction of sp³-hybridized carbons (Fsp3) is 0.375. The van der Waals surface area contributed by atoms with Gasteiger partial charge in [-0.05, 0) is 42.4 Å². The standard InChI is InChI=1S/C24H28N2O5S/c1-24(2,32-3)14-25-22(29)20(12-21(27)28)26-23(30)31-13-19-17-10-6-4-8-15(17)16-9-5-7-11-18(16)19/h4-11,19-20H,12-14H2,1-3H3,(H,25,29)(H,26,30)(H,27,28). The van der Waals surface area contributed by atoms with Crippen molar-refractivity contribution in [2.24, 2.45) is 0 Å². The number of fused-ring (bicyclic) bond motifs is 3. The number of amides is 2. The second-order valence-corrected chi connectivity index (χ2v) is 9.82. The van der Waals surface area contributed by atoms with Gasteiger partial charge in [0.25, 0.3) is 0 Å². The Kier molecular flexibility index (Phi) is 7.45. The number of aliphatic carboxylic acids is 1. The van der Waals surface area contributed by atoms with Crippen LogP contribution >= 0.6 is 11.8 Å². The number of benzene rings is 2. The lowest BCUT2D eigenvalue weighted by Crippen LogP contribution is -2.50. The molecule has 1 unspecified atom stereocenters. The van der Waals surface area contributed by atoms with Gasteiger partial charge in [-0.3, -0.25) is 9.59 Å². The molecule has 1 aliphatic carbocycles. The number of alkyl carbamates (subject to hydrolysis) is 1. The quantitative estimate of drug-likeness (QED) is 0.532. The maximum Gasteiger partial charge on any atom is 0.407 e. The van der Waals surface area contributed by atoms with Crippen molar-refractivity contribution in [3.8, 4) is 11.1 Å². The Morgan fingerprint density at radius 2 is 1.62 bits per heavy atom. The zero-order chi connectivity index (χ0) is 23.3. The second-order valence-electron chi connectivity index (χ2n) is 8.30. The Morgan fingerprint density at radius 1 is 1.06 bits per heavy atom. The number of ether oxygens (including phenoxy) is 1. The number of carbonyl (C=O) groups excluding carboxylic acids is 2. The predicted octanol–water partition coefficient (Wildman–Crippen LogP) is 3.63. The van der Waals surface area contributed by atoms with Crippen LogP contribution in [0, 0.1) is 0 Å². The highest BCUT2D eigenvalue weighted by Gasteiger charge is 2.30. The summed E-state index contributed by atoms with van der Waals surface area (Å²) in [4.78, 5) is 36.2. The smallest absolute Gasteiger partial charge is 0.407 e. The summed E-state index contributed by atoms with van der Waals surface area (Å²) in [5.74, 6) is -1.86. The first kappa shape index (κ1) is 23.7. The molecule has 0 saturated carbocycles. The molecule has 3 N–H and O–H groups in total. The average Bonchev–Trinajstić information content (AvgIpc) is 3.09. The Morgan fingerprint density at radius 3 is 2.16 bits per heavy atom. The lowest BCUT2D eigenvalue weighted by atomic mass is 9.98. The molecule has 2 aromatic carbocycles. The highest BCUT2D eigenvalue weighted by Crippen LogP contribution is 2.44. The number of carboxylic acid groups (broad SMARTS) is 1. The number of hydrogen-bond acceptors (Lipinski definition) is 5. The molecule has 2 amide bonds. The number of thioether (sulfide) groups is 1. The van der Waals surface area contributed by atoms with Gasteiger partial charge in [-0.25, -0.2) is 4.79 Å². The van der Waals surface area contributed by atoms with Gasteiger partial charge in [0.15, 0.2) is 0 Å². The summed E-state index contributed by atoms with van der Waals surface area (Å²) in [5, 5.41) is 14.3. The van der Waals surface area contributed by atoms with Gasteiger partial charge in [-0.15, -0.1) is 0 Å². The Labute approximate surface area is 191 Å². The van der Waals surface area contributed by atoms with E-state index in [0.29, 0.717) is 6.54 Å². The van der Waals surface area contributed by atoms with Crippen LogP contribution in [0.2, 0.25) is 0 Å². The monoisotopic (exact) mass is 456 g/mol. The highest BCUT2D eigenvalue weighted by molar-refractivity contribution is 7.99. The molecule has 7 nitrogen and oxygen atoms in total. The summed E-state index contributed by atoms with van der Waals surface area (Å²) >= 11 is 1.58. The van der Waals surface area contributed by atoms with Gasteiger partial charge in [-0.1, -0.05) is 48.5 Å². The van der Waals surface area contributed by atoms with Crippen LogP contribution in [-0.2, 0) is 14.3 Å². The first-order valence-electron chi connectivity index (χ1n) is 10.4. The zero-order valence-corrected chi connectivity index (χ0v) is 19.2. The number of nitrogens with one attached hydrogen (secondary N) is 2. The molecule has 170 valence electrons. The van der Waals surface area contributed by atoms with Crippen molar-refractivity contribution in [1.82, 2.24) is 10.6 Å². The molecule has 0 fully saturated rings. The lowest BCUT2D eigenvalue weighted by molar-refractivity contribution is -0.139. The van der Waals surface area contributed by atoms with Gasteiger partial charge in [0.1, 0.15) is 12.6 Å². The molecule has 0 radical (unpaired) electrons. The van der Waals surface area contributed by atoms with Crippen LogP contribution in [0.25, 0.3) is 11.1 Å². The lowest BCUT2D eigenvalue weighted by Gasteiger charge is -2.24. The van der Waals surface area contributed by atoms with E-state index in [0.717, 1.165) is 22.3 Å². The second kappa shape index (κ2) is 10.1. The van der Waals surface area contributed by atoms with E-state index in [2.05, 4.69) is 10.6 Å². The van der Waals surface area contributed by atoms with E-state index in [1.54, 1.807) is 11.8 Å². The van der Waals surface area contributed by atoms with Crippen molar-refractivity contribution >= 4 is 29.7 Å². The molecule has 1 atom stereocenters. The predicted molar refractivity (Wildman–Crippen MR) is 125 cm³/mol. The first-order chi connectivity index (χ1) is 15.2. The van der Waals surface area contributed by atoms with Crippen LogP contribution in [0.3, 0.4) is 0 Å². The molecule has 8 heteroatoms. The molecule has 0 spiro atoms. The SMILES string of the molecule is CSC(C)(C)CNC(=O)C(CC(=O)O)NC(=O)OCC1c2ccccc2-c2ccccc21. The normalized spacial score (nSPS) is 13.6. The number of carbonyl (C=O) groups is 3. The summed E-state index contributed by atoms with van der Waals surface area (Å²) < 4.78 is 5.23. The molecule has 0 heterocycles. The third kappa shape index (κ3) is 5.62. The van der Waals surface area contributed by atoms with Crippen LogP contribution in [0.5, 0.6) is 0 Å². The van der Waals surface area contributed by atoms with Crippen LogP contribution in [-0.4, -0.2) is 53.3 Å². The summed E-state index contributed by atoms with van der Waals surface area (Å²) in [6, 6.07) is 14.7. The molecular formula is C24H28N2O5S. The third-order valence-electron chi connectivity index (χ3n) is 5.57. The van der Waals surface area contributed by atoms with E-state index in [4.69, 9.17) is 9.84 Å². The molecule has 0 aliphatic heterocycles.